The molecule has 0 amide bonds. The van der Waals surface area contributed by atoms with Crippen molar-refractivity contribution in [3.8, 4) is 6.07 Å². The summed E-state index contributed by atoms with van der Waals surface area (Å²) in [4.78, 5) is 0.182. The third kappa shape index (κ3) is 2.20. The van der Waals surface area contributed by atoms with E-state index < -0.39 is 26.5 Å². The first-order valence-electron chi connectivity index (χ1n) is 6.66. The topological polar surface area (TPSA) is 83.9 Å². The molecular weight excluding hydrogens is 320 g/mol. The van der Waals surface area contributed by atoms with Crippen molar-refractivity contribution in [1.29, 1.82) is 5.26 Å². The number of benzene rings is 2. The summed E-state index contributed by atoms with van der Waals surface area (Å²) in [6.07, 6.45) is 0. The lowest BCUT2D eigenvalue weighted by molar-refractivity contribution is 0.592. The van der Waals surface area contributed by atoms with Crippen LogP contribution in [0.3, 0.4) is 0 Å². The zero-order valence-corrected chi connectivity index (χ0v) is 13.1. The van der Waals surface area contributed by atoms with Crippen LogP contribution < -0.4 is 5.73 Å². The highest BCUT2D eigenvalue weighted by Crippen LogP contribution is 2.55. The number of rotatable bonds is 3. The molecule has 1 aliphatic rings. The van der Waals surface area contributed by atoms with Gasteiger partial charge in [0.05, 0.1) is 11.0 Å². The molecule has 0 aliphatic heterocycles. The maximum Gasteiger partial charge on any atom is 0.184 e. The Kier molecular flexibility index (Phi) is 3.48. The van der Waals surface area contributed by atoms with Crippen molar-refractivity contribution in [3.05, 3.63) is 65.2 Å². The average molecular weight is 333 g/mol. The monoisotopic (exact) mass is 332 g/mol. The van der Waals surface area contributed by atoms with Crippen molar-refractivity contribution >= 4 is 21.4 Å². The van der Waals surface area contributed by atoms with Crippen LogP contribution >= 0.6 is 11.6 Å². The molecule has 2 aromatic rings. The molecule has 0 unspecified atom stereocenters. The molecule has 3 rings (SSSR count). The van der Waals surface area contributed by atoms with Crippen LogP contribution in [0, 0.1) is 11.3 Å². The minimum absolute atomic E-state index is 0.182. The Morgan fingerprint density at radius 3 is 2.23 bits per heavy atom. The molecule has 0 bridgehead atoms. The Balaban J connectivity index is 2.04. The molecule has 2 aromatic carbocycles. The third-order valence-electron chi connectivity index (χ3n) is 4.01. The maximum atomic E-state index is 12.8. The van der Waals surface area contributed by atoms with Crippen molar-refractivity contribution in [1.82, 2.24) is 0 Å². The van der Waals surface area contributed by atoms with E-state index in [0.717, 1.165) is 0 Å². The number of halogens is 1. The van der Waals surface area contributed by atoms with Crippen LogP contribution in [0.25, 0.3) is 0 Å². The highest BCUT2D eigenvalue weighted by atomic mass is 35.5. The van der Waals surface area contributed by atoms with Crippen molar-refractivity contribution in [3.63, 3.8) is 0 Å². The normalized spacial score (nSPS) is 27.1. The van der Waals surface area contributed by atoms with Gasteiger partial charge in [-0.2, -0.15) is 5.26 Å². The number of sulfone groups is 1. The number of nitriles is 1. The van der Waals surface area contributed by atoms with Crippen LogP contribution in [0.2, 0.25) is 5.02 Å². The first-order chi connectivity index (χ1) is 10.4. The second-order valence-corrected chi connectivity index (χ2v) is 7.86. The van der Waals surface area contributed by atoms with Gasteiger partial charge in [-0.05, 0) is 29.8 Å². The minimum Gasteiger partial charge on any atom is -0.312 e. The van der Waals surface area contributed by atoms with Crippen molar-refractivity contribution in [2.75, 3.05) is 0 Å². The summed E-state index contributed by atoms with van der Waals surface area (Å²) in [5, 5.41) is 8.96. The Bertz CT molecular complexity index is 844. The van der Waals surface area contributed by atoms with E-state index in [-0.39, 0.29) is 4.90 Å². The zero-order valence-electron chi connectivity index (χ0n) is 11.5. The molecule has 112 valence electrons. The van der Waals surface area contributed by atoms with Crippen LogP contribution in [0.15, 0.2) is 59.5 Å². The van der Waals surface area contributed by atoms with Gasteiger partial charge in [-0.1, -0.05) is 41.9 Å². The van der Waals surface area contributed by atoms with Crippen LogP contribution in [0.1, 0.15) is 11.5 Å². The van der Waals surface area contributed by atoms with Gasteiger partial charge in [0.1, 0.15) is 10.8 Å². The van der Waals surface area contributed by atoms with E-state index in [2.05, 4.69) is 0 Å². The molecule has 6 heteroatoms. The highest BCUT2D eigenvalue weighted by molar-refractivity contribution is 7.92. The Labute approximate surface area is 134 Å². The molecule has 3 atom stereocenters. The van der Waals surface area contributed by atoms with Crippen LogP contribution in [0.5, 0.6) is 0 Å². The van der Waals surface area contributed by atoms with E-state index in [9.17, 15) is 13.7 Å². The molecule has 1 aliphatic carbocycles. The Morgan fingerprint density at radius 1 is 1.09 bits per heavy atom. The van der Waals surface area contributed by atoms with E-state index in [4.69, 9.17) is 17.3 Å². The first-order valence-corrected chi connectivity index (χ1v) is 8.58. The first kappa shape index (κ1) is 15.0. The average Bonchev–Trinajstić information content (AvgIpc) is 3.17. The Hall–Kier alpha value is -1.87. The van der Waals surface area contributed by atoms with Gasteiger partial charge in [-0.3, -0.25) is 0 Å². The third-order valence-corrected chi connectivity index (χ3v) is 6.52. The molecule has 0 heterocycles. The standard InChI is InChI=1S/C16H13ClN2O2S/c17-12-8-6-11(7-9-12)14-15(16(14,19)10-18)22(20,21)13-4-2-1-3-5-13/h1-9,14-15H,19H2/t14-,15-,16-/m0/s1. The van der Waals surface area contributed by atoms with Crippen LogP contribution in [-0.4, -0.2) is 19.2 Å². The second-order valence-electron chi connectivity index (χ2n) is 5.35. The maximum absolute atomic E-state index is 12.8. The summed E-state index contributed by atoms with van der Waals surface area (Å²) in [6.45, 7) is 0. The van der Waals surface area contributed by atoms with Gasteiger partial charge in [0, 0.05) is 10.9 Å². The predicted octanol–water partition coefficient (Wildman–Crippen LogP) is 2.50. The van der Waals surface area contributed by atoms with E-state index in [0.29, 0.717) is 10.6 Å². The van der Waals surface area contributed by atoms with Crippen molar-refractivity contribution in [2.45, 2.75) is 21.6 Å². The molecule has 4 nitrogen and oxygen atoms in total. The molecule has 0 radical (unpaired) electrons. The summed E-state index contributed by atoms with van der Waals surface area (Å²) < 4.78 is 25.5. The molecule has 1 fully saturated rings. The van der Waals surface area contributed by atoms with E-state index >= 15 is 0 Å². The van der Waals surface area contributed by atoms with Crippen LogP contribution in [0.4, 0.5) is 0 Å². The fourth-order valence-corrected chi connectivity index (χ4v) is 5.15. The van der Waals surface area contributed by atoms with Gasteiger partial charge < -0.3 is 5.73 Å². The number of hydrogen-bond donors (Lipinski definition) is 1. The van der Waals surface area contributed by atoms with Gasteiger partial charge in [0.2, 0.25) is 0 Å². The highest BCUT2D eigenvalue weighted by Gasteiger charge is 2.70. The minimum atomic E-state index is -3.67. The molecule has 1 saturated carbocycles. The largest absolute Gasteiger partial charge is 0.312 e. The predicted molar refractivity (Wildman–Crippen MR) is 84.1 cm³/mol. The zero-order chi connectivity index (χ0) is 16.0. The van der Waals surface area contributed by atoms with Crippen LogP contribution in [-0.2, 0) is 9.84 Å². The number of nitrogens with zero attached hydrogens (tertiary/aromatic N) is 1. The molecule has 0 saturated heterocycles. The summed E-state index contributed by atoms with van der Waals surface area (Å²) >= 11 is 5.85. The fourth-order valence-electron chi connectivity index (χ4n) is 2.82. The molecular formula is C16H13ClN2O2S. The lowest BCUT2D eigenvalue weighted by Crippen LogP contribution is -2.29. The van der Waals surface area contributed by atoms with E-state index in [1.165, 1.54) is 12.1 Å². The lowest BCUT2D eigenvalue weighted by Gasteiger charge is -2.04. The fraction of sp³-hybridized carbons (Fsp3) is 0.188. The number of hydrogen-bond acceptors (Lipinski definition) is 4. The summed E-state index contributed by atoms with van der Waals surface area (Å²) in [5.41, 5.74) is 5.35. The lowest BCUT2D eigenvalue weighted by atomic mass is 10.1. The van der Waals surface area contributed by atoms with Gasteiger partial charge in [0.25, 0.3) is 0 Å². The van der Waals surface area contributed by atoms with Crippen molar-refractivity contribution in [2.24, 2.45) is 5.73 Å². The van der Waals surface area contributed by atoms with Crippen molar-refractivity contribution < 1.29 is 8.42 Å². The second kappa shape index (κ2) is 5.10. The molecule has 0 spiro atoms. The quantitative estimate of drug-likeness (QED) is 0.936. The van der Waals surface area contributed by atoms with E-state index in [1.54, 1.807) is 42.5 Å². The summed E-state index contributed by atoms with van der Waals surface area (Å²) in [5.74, 6) is -0.556. The molecule has 0 aromatic heterocycles. The molecule has 22 heavy (non-hydrogen) atoms. The van der Waals surface area contributed by atoms with Gasteiger partial charge >= 0.3 is 0 Å². The SMILES string of the molecule is N#C[C@]1(N)[C@@H](c2ccc(Cl)cc2)[C@@H]1S(=O)(=O)c1ccccc1. The Morgan fingerprint density at radius 2 is 1.68 bits per heavy atom. The van der Waals surface area contributed by atoms with E-state index in [1.807, 2.05) is 6.07 Å². The van der Waals surface area contributed by atoms with Gasteiger partial charge in [0.15, 0.2) is 9.84 Å². The van der Waals surface area contributed by atoms with Gasteiger partial charge in [-0.15, -0.1) is 0 Å². The molecule has 2 N–H and O–H groups in total. The smallest absolute Gasteiger partial charge is 0.184 e. The summed E-state index contributed by atoms with van der Waals surface area (Å²) in [7, 11) is -3.67. The van der Waals surface area contributed by atoms with Gasteiger partial charge in [-0.25, -0.2) is 8.42 Å². The number of nitrogens with two attached hydrogens (primary N) is 1. The summed E-state index contributed by atoms with van der Waals surface area (Å²) in [6, 6.07) is 16.8.